The van der Waals surface area contributed by atoms with Gasteiger partial charge in [-0.15, -0.1) is 5.10 Å². The van der Waals surface area contributed by atoms with E-state index in [0.717, 1.165) is 30.5 Å². The first-order valence-corrected chi connectivity index (χ1v) is 6.91. The number of aromatic nitrogens is 3. The van der Waals surface area contributed by atoms with Crippen LogP contribution in [0.5, 0.6) is 0 Å². The topological polar surface area (TPSA) is 68.0 Å². The monoisotopic (exact) mass is 291 g/mol. The quantitative estimate of drug-likeness (QED) is 0.943. The lowest BCUT2D eigenvalue weighted by Gasteiger charge is -2.26. The number of carboxylic acids is 1. The van der Waals surface area contributed by atoms with Crippen LogP contribution in [0.2, 0.25) is 5.02 Å². The van der Waals surface area contributed by atoms with Crippen molar-refractivity contribution in [1.82, 2.24) is 15.0 Å². The van der Waals surface area contributed by atoms with Gasteiger partial charge < -0.3 is 5.11 Å². The minimum Gasteiger partial charge on any atom is -0.476 e. The number of nitrogens with zero attached hydrogens (tertiary/aromatic N) is 3. The molecular formula is C14H14ClN3O2. The van der Waals surface area contributed by atoms with Crippen LogP contribution < -0.4 is 0 Å². The van der Waals surface area contributed by atoms with Gasteiger partial charge in [-0.3, -0.25) is 0 Å². The average Bonchev–Trinajstić information content (AvgIpc) is 2.75. The van der Waals surface area contributed by atoms with Crippen molar-refractivity contribution in [3.63, 3.8) is 0 Å². The molecule has 1 aliphatic rings. The molecule has 20 heavy (non-hydrogen) atoms. The predicted molar refractivity (Wildman–Crippen MR) is 74.7 cm³/mol. The normalized spacial score (nSPS) is 15.1. The molecule has 0 amide bonds. The number of hydrogen-bond acceptors (Lipinski definition) is 3. The van der Waals surface area contributed by atoms with Gasteiger partial charge in [0.2, 0.25) is 0 Å². The molecule has 1 heterocycles. The lowest BCUT2D eigenvalue weighted by atomic mass is 9.82. The van der Waals surface area contributed by atoms with E-state index < -0.39 is 5.97 Å². The van der Waals surface area contributed by atoms with Crippen molar-refractivity contribution < 1.29 is 9.90 Å². The van der Waals surface area contributed by atoms with Gasteiger partial charge in [0.15, 0.2) is 5.69 Å². The van der Waals surface area contributed by atoms with Gasteiger partial charge in [0.05, 0.1) is 11.4 Å². The van der Waals surface area contributed by atoms with Crippen molar-refractivity contribution in [1.29, 1.82) is 0 Å². The van der Waals surface area contributed by atoms with E-state index in [4.69, 9.17) is 11.6 Å². The summed E-state index contributed by atoms with van der Waals surface area (Å²) in [6, 6.07) is 5.56. The summed E-state index contributed by atoms with van der Waals surface area (Å²) in [5.74, 6) is -0.812. The number of carboxylic acid groups (broad SMARTS) is 1. The van der Waals surface area contributed by atoms with Gasteiger partial charge in [-0.05, 0) is 37.5 Å². The van der Waals surface area contributed by atoms with Crippen LogP contribution in [0.15, 0.2) is 18.2 Å². The van der Waals surface area contributed by atoms with E-state index in [9.17, 15) is 9.90 Å². The molecule has 1 N–H and O–H groups in total. The third-order valence-corrected chi connectivity index (χ3v) is 4.21. The summed E-state index contributed by atoms with van der Waals surface area (Å²) in [4.78, 5) is 11.3. The highest BCUT2D eigenvalue weighted by atomic mass is 35.5. The van der Waals surface area contributed by atoms with Crippen LogP contribution in [-0.4, -0.2) is 26.1 Å². The van der Waals surface area contributed by atoms with E-state index in [-0.39, 0.29) is 11.6 Å². The van der Waals surface area contributed by atoms with Gasteiger partial charge >= 0.3 is 5.97 Å². The molecule has 0 radical (unpaired) electrons. The lowest BCUT2D eigenvalue weighted by Crippen LogP contribution is -2.17. The summed E-state index contributed by atoms with van der Waals surface area (Å²) < 4.78 is 1.61. The second-order valence-electron chi connectivity index (χ2n) is 5.10. The highest BCUT2D eigenvalue weighted by Gasteiger charge is 2.31. The molecule has 1 saturated carbocycles. The minimum atomic E-state index is -1.03. The molecule has 104 valence electrons. The maximum absolute atomic E-state index is 11.3. The Bertz CT molecular complexity index is 677. The molecule has 0 saturated heterocycles. The Morgan fingerprint density at radius 2 is 2.20 bits per heavy atom. The van der Waals surface area contributed by atoms with E-state index in [1.807, 2.05) is 19.1 Å². The molecule has 0 bridgehead atoms. The first kappa shape index (κ1) is 13.1. The van der Waals surface area contributed by atoms with Gasteiger partial charge in [0.25, 0.3) is 0 Å². The van der Waals surface area contributed by atoms with Gasteiger partial charge in [0.1, 0.15) is 0 Å². The number of aromatic carboxylic acids is 1. The number of halogens is 1. The standard InChI is InChI=1S/C14H14ClN3O2/c1-8-5-6-10(7-11(8)15)18-13(9-3-2-4-9)12(14(19)20)16-17-18/h5-7,9H,2-4H2,1H3,(H,19,20). The molecule has 0 unspecified atom stereocenters. The zero-order chi connectivity index (χ0) is 14.3. The Morgan fingerprint density at radius 1 is 1.45 bits per heavy atom. The van der Waals surface area contributed by atoms with Crippen LogP contribution >= 0.6 is 11.6 Å². The smallest absolute Gasteiger partial charge is 0.358 e. The van der Waals surface area contributed by atoms with Crippen molar-refractivity contribution in [3.05, 3.63) is 40.2 Å². The molecule has 2 aromatic rings. The van der Waals surface area contributed by atoms with E-state index in [1.54, 1.807) is 10.7 Å². The van der Waals surface area contributed by atoms with Crippen molar-refractivity contribution in [2.75, 3.05) is 0 Å². The molecule has 1 fully saturated rings. The van der Waals surface area contributed by atoms with Crippen molar-refractivity contribution >= 4 is 17.6 Å². The lowest BCUT2D eigenvalue weighted by molar-refractivity contribution is 0.0687. The average molecular weight is 292 g/mol. The van der Waals surface area contributed by atoms with Crippen molar-refractivity contribution in [2.24, 2.45) is 0 Å². The van der Waals surface area contributed by atoms with Gasteiger partial charge in [0, 0.05) is 10.9 Å². The number of aryl methyl sites for hydroxylation is 1. The summed E-state index contributed by atoms with van der Waals surface area (Å²) in [6.07, 6.45) is 3.07. The summed E-state index contributed by atoms with van der Waals surface area (Å²) in [5, 5.41) is 17.7. The van der Waals surface area contributed by atoms with E-state index in [2.05, 4.69) is 10.3 Å². The summed E-state index contributed by atoms with van der Waals surface area (Å²) in [5.41, 5.74) is 2.46. The second kappa shape index (κ2) is 4.90. The van der Waals surface area contributed by atoms with Crippen LogP contribution in [0.3, 0.4) is 0 Å². The Labute approximate surface area is 121 Å². The highest BCUT2D eigenvalue weighted by molar-refractivity contribution is 6.31. The number of benzene rings is 1. The fourth-order valence-corrected chi connectivity index (χ4v) is 2.57. The van der Waals surface area contributed by atoms with E-state index in [0.29, 0.717) is 10.7 Å². The van der Waals surface area contributed by atoms with Crippen molar-refractivity contribution in [2.45, 2.75) is 32.1 Å². The maximum atomic E-state index is 11.3. The molecule has 0 atom stereocenters. The molecule has 1 aromatic carbocycles. The molecule has 1 aliphatic carbocycles. The molecule has 5 nitrogen and oxygen atoms in total. The third-order valence-electron chi connectivity index (χ3n) is 3.80. The molecule has 3 rings (SSSR count). The molecule has 0 aliphatic heterocycles. The third kappa shape index (κ3) is 2.08. The van der Waals surface area contributed by atoms with Crippen LogP contribution in [0, 0.1) is 6.92 Å². The second-order valence-corrected chi connectivity index (χ2v) is 5.51. The number of rotatable bonds is 3. The van der Waals surface area contributed by atoms with Crippen LogP contribution in [0.4, 0.5) is 0 Å². The van der Waals surface area contributed by atoms with Crippen molar-refractivity contribution in [3.8, 4) is 5.69 Å². The highest BCUT2D eigenvalue weighted by Crippen LogP contribution is 2.38. The summed E-state index contributed by atoms with van der Waals surface area (Å²) in [7, 11) is 0. The number of hydrogen-bond donors (Lipinski definition) is 1. The maximum Gasteiger partial charge on any atom is 0.358 e. The van der Waals surface area contributed by atoms with E-state index in [1.165, 1.54) is 0 Å². The summed E-state index contributed by atoms with van der Waals surface area (Å²) >= 11 is 6.14. The van der Waals surface area contributed by atoms with Gasteiger partial charge in [-0.1, -0.05) is 29.3 Å². The van der Waals surface area contributed by atoms with Crippen LogP contribution in [0.25, 0.3) is 5.69 Å². The Balaban J connectivity index is 2.12. The van der Waals surface area contributed by atoms with E-state index >= 15 is 0 Å². The largest absolute Gasteiger partial charge is 0.476 e. The van der Waals surface area contributed by atoms with Crippen LogP contribution in [-0.2, 0) is 0 Å². The molecule has 0 spiro atoms. The predicted octanol–water partition coefficient (Wildman–Crippen LogP) is 3.19. The SMILES string of the molecule is Cc1ccc(-n2nnc(C(=O)O)c2C2CCC2)cc1Cl. The molecule has 1 aromatic heterocycles. The molecule has 6 heteroatoms. The zero-order valence-electron chi connectivity index (χ0n) is 11.0. The van der Waals surface area contributed by atoms with Gasteiger partial charge in [-0.2, -0.15) is 0 Å². The Hall–Kier alpha value is -1.88. The first-order valence-electron chi connectivity index (χ1n) is 6.53. The molecular weight excluding hydrogens is 278 g/mol. The van der Waals surface area contributed by atoms with Gasteiger partial charge in [-0.25, -0.2) is 9.48 Å². The fourth-order valence-electron chi connectivity index (χ4n) is 2.39. The Morgan fingerprint density at radius 3 is 2.75 bits per heavy atom. The Kier molecular flexibility index (Phi) is 3.22. The minimum absolute atomic E-state index is 0.0476. The number of carbonyl (C=O) groups is 1. The summed E-state index contributed by atoms with van der Waals surface area (Å²) in [6.45, 7) is 1.92. The fraction of sp³-hybridized carbons (Fsp3) is 0.357. The first-order chi connectivity index (χ1) is 9.58. The van der Waals surface area contributed by atoms with Crippen LogP contribution in [0.1, 0.15) is 46.9 Å². The zero-order valence-corrected chi connectivity index (χ0v) is 11.8.